The van der Waals surface area contributed by atoms with E-state index in [9.17, 15) is 9.18 Å². The number of aldehydes is 1. The van der Waals surface area contributed by atoms with Crippen LogP contribution in [-0.4, -0.2) is 19.6 Å². The van der Waals surface area contributed by atoms with E-state index >= 15 is 0 Å². The van der Waals surface area contributed by atoms with E-state index in [2.05, 4.69) is 0 Å². The van der Waals surface area contributed by atoms with E-state index in [4.69, 9.17) is 9.47 Å². The largest absolute Gasteiger partial charge is 0.490 e. The molecule has 110 valence electrons. The first-order valence-electron chi connectivity index (χ1n) is 6.78. The van der Waals surface area contributed by atoms with E-state index in [-0.39, 0.29) is 6.61 Å². The summed E-state index contributed by atoms with van der Waals surface area (Å²) in [5.41, 5.74) is 1.53. The number of benzene rings is 2. The average molecular weight is 288 g/mol. The summed E-state index contributed by atoms with van der Waals surface area (Å²) in [6.45, 7) is 0.230. The lowest BCUT2D eigenvalue weighted by atomic mass is 10.2. The van der Waals surface area contributed by atoms with Crippen LogP contribution in [0.2, 0.25) is 0 Å². The minimum atomic E-state index is -0.424. The minimum Gasteiger partial charge on any atom is -0.490 e. The second-order valence-corrected chi connectivity index (χ2v) is 4.49. The molecule has 0 saturated heterocycles. The van der Waals surface area contributed by atoms with Crippen molar-refractivity contribution < 1.29 is 18.7 Å². The van der Waals surface area contributed by atoms with Crippen molar-refractivity contribution in [2.75, 3.05) is 13.3 Å². The predicted octanol–water partition coefficient (Wildman–Crippen LogP) is 3.82. The average Bonchev–Trinajstić information content (AvgIpc) is 2.55. The molecule has 21 heavy (non-hydrogen) atoms. The number of ether oxygens (including phenoxy) is 2. The summed E-state index contributed by atoms with van der Waals surface area (Å²) in [6.07, 6.45) is 1.08. The van der Waals surface area contributed by atoms with E-state index in [1.165, 1.54) is 0 Å². The van der Waals surface area contributed by atoms with Crippen LogP contribution in [0.15, 0.2) is 48.5 Å². The zero-order valence-electron chi connectivity index (χ0n) is 11.6. The van der Waals surface area contributed by atoms with E-state index in [1.54, 1.807) is 18.2 Å². The third-order valence-corrected chi connectivity index (χ3v) is 2.88. The molecule has 0 aliphatic carbocycles. The molecule has 0 N–H and O–H groups in total. The number of hydrogen-bond acceptors (Lipinski definition) is 3. The molecule has 0 bridgehead atoms. The Morgan fingerprint density at radius 1 is 1.00 bits per heavy atom. The van der Waals surface area contributed by atoms with Crippen LogP contribution < -0.4 is 9.47 Å². The Hall–Kier alpha value is -2.36. The Balaban J connectivity index is 2.08. The third kappa shape index (κ3) is 4.60. The molecule has 0 aliphatic heterocycles. The predicted molar refractivity (Wildman–Crippen MR) is 78.7 cm³/mol. The summed E-state index contributed by atoms with van der Waals surface area (Å²) < 4.78 is 23.3. The van der Waals surface area contributed by atoms with Gasteiger partial charge in [-0.05, 0) is 23.8 Å². The van der Waals surface area contributed by atoms with Crippen LogP contribution in [-0.2, 0) is 6.61 Å². The molecule has 3 nitrogen and oxygen atoms in total. The summed E-state index contributed by atoms with van der Waals surface area (Å²) in [6, 6.07) is 14.6. The van der Waals surface area contributed by atoms with Gasteiger partial charge in [0.25, 0.3) is 0 Å². The first kappa shape index (κ1) is 15.0. The molecule has 0 aliphatic rings. The Bertz CT molecular complexity index is 570. The van der Waals surface area contributed by atoms with E-state index < -0.39 is 6.67 Å². The minimum absolute atomic E-state index is 0.276. The molecular formula is C17H17FO3. The lowest BCUT2D eigenvalue weighted by Gasteiger charge is -2.13. The Morgan fingerprint density at radius 2 is 1.81 bits per heavy atom. The highest BCUT2D eigenvalue weighted by molar-refractivity contribution is 5.76. The van der Waals surface area contributed by atoms with Gasteiger partial charge in [-0.2, -0.15) is 0 Å². The number of hydrogen-bond donors (Lipinski definition) is 0. The van der Waals surface area contributed by atoms with Crippen molar-refractivity contribution >= 4 is 6.29 Å². The number of carbonyl (C=O) groups is 1. The number of halogens is 1. The van der Waals surface area contributed by atoms with E-state index in [1.807, 2.05) is 30.3 Å². The van der Waals surface area contributed by atoms with Crippen LogP contribution >= 0.6 is 0 Å². The maximum atomic E-state index is 12.1. The van der Waals surface area contributed by atoms with Crippen LogP contribution in [0.5, 0.6) is 11.5 Å². The third-order valence-electron chi connectivity index (χ3n) is 2.88. The van der Waals surface area contributed by atoms with Gasteiger partial charge in [0.2, 0.25) is 0 Å². The van der Waals surface area contributed by atoms with Crippen LogP contribution in [0, 0.1) is 0 Å². The molecule has 0 unspecified atom stereocenters. The molecule has 0 saturated carbocycles. The van der Waals surface area contributed by atoms with Crippen molar-refractivity contribution in [3.05, 3.63) is 59.7 Å². The van der Waals surface area contributed by atoms with Gasteiger partial charge in [-0.15, -0.1) is 0 Å². The van der Waals surface area contributed by atoms with E-state index in [0.717, 1.165) is 11.8 Å². The molecule has 2 aromatic rings. The summed E-state index contributed by atoms with van der Waals surface area (Å²) in [5.74, 6) is 1.01. The van der Waals surface area contributed by atoms with Gasteiger partial charge in [-0.3, -0.25) is 9.18 Å². The van der Waals surface area contributed by atoms with Gasteiger partial charge in [-0.25, -0.2) is 0 Å². The van der Waals surface area contributed by atoms with Crippen LogP contribution in [0.3, 0.4) is 0 Å². The number of carbonyl (C=O) groups excluding carboxylic acids is 1. The first-order chi connectivity index (χ1) is 10.3. The fourth-order valence-corrected chi connectivity index (χ4v) is 1.80. The number of alkyl halides is 1. The second-order valence-electron chi connectivity index (χ2n) is 4.49. The van der Waals surface area contributed by atoms with Crippen LogP contribution in [0.1, 0.15) is 22.3 Å². The summed E-state index contributed by atoms with van der Waals surface area (Å²) in [4.78, 5) is 10.9. The molecule has 0 heterocycles. The zero-order chi connectivity index (χ0) is 14.9. The van der Waals surface area contributed by atoms with Crippen molar-refractivity contribution in [1.82, 2.24) is 0 Å². The van der Waals surface area contributed by atoms with Gasteiger partial charge in [0.1, 0.15) is 12.9 Å². The standard InChI is InChI=1S/C17H17FO3/c18-9-4-10-20-16-8-7-15(12-19)11-17(16)21-13-14-5-2-1-3-6-14/h1-3,5-8,11-12H,4,9-10,13H2. The number of rotatable bonds is 8. The van der Waals surface area contributed by atoms with Crippen molar-refractivity contribution in [3.8, 4) is 11.5 Å². The topological polar surface area (TPSA) is 35.5 Å². The van der Waals surface area contributed by atoms with Gasteiger partial charge in [0.05, 0.1) is 13.3 Å². The van der Waals surface area contributed by atoms with E-state index in [0.29, 0.717) is 30.1 Å². The summed E-state index contributed by atoms with van der Waals surface area (Å²) in [5, 5.41) is 0. The molecule has 0 spiro atoms. The molecule has 2 rings (SSSR count). The molecule has 0 atom stereocenters. The highest BCUT2D eigenvalue weighted by Crippen LogP contribution is 2.29. The molecular weight excluding hydrogens is 271 g/mol. The lowest BCUT2D eigenvalue weighted by molar-refractivity contribution is 0.112. The molecule has 0 fully saturated rings. The molecule has 0 aromatic heterocycles. The molecule has 2 aromatic carbocycles. The van der Waals surface area contributed by atoms with Gasteiger partial charge < -0.3 is 9.47 Å². The van der Waals surface area contributed by atoms with Crippen molar-refractivity contribution in [3.63, 3.8) is 0 Å². The molecule has 0 amide bonds. The van der Waals surface area contributed by atoms with Crippen molar-refractivity contribution in [2.24, 2.45) is 0 Å². The Kier molecular flexibility index (Phi) is 5.76. The SMILES string of the molecule is O=Cc1ccc(OCCCF)c(OCc2ccccc2)c1. The Labute approximate surface area is 123 Å². The maximum Gasteiger partial charge on any atom is 0.162 e. The van der Waals surface area contributed by atoms with Gasteiger partial charge in [0.15, 0.2) is 11.5 Å². The highest BCUT2D eigenvalue weighted by Gasteiger charge is 2.07. The van der Waals surface area contributed by atoms with Gasteiger partial charge in [-0.1, -0.05) is 30.3 Å². The fourth-order valence-electron chi connectivity index (χ4n) is 1.80. The van der Waals surface area contributed by atoms with Crippen LogP contribution in [0.4, 0.5) is 4.39 Å². The zero-order valence-corrected chi connectivity index (χ0v) is 11.6. The first-order valence-corrected chi connectivity index (χ1v) is 6.78. The van der Waals surface area contributed by atoms with Crippen LogP contribution in [0.25, 0.3) is 0 Å². The summed E-state index contributed by atoms with van der Waals surface area (Å²) >= 11 is 0. The monoisotopic (exact) mass is 288 g/mol. The van der Waals surface area contributed by atoms with Crippen molar-refractivity contribution in [2.45, 2.75) is 13.0 Å². The molecule has 0 radical (unpaired) electrons. The fraction of sp³-hybridized carbons (Fsp3) is 0.235. The van der Waals surface area contributed by atoms with Gasteiger partial charge >= 0.3 is 0 Å². The van der Waals surface area contributed by atoms with Gasteiger partial charge in [0, 0.05) is 12.0 Å². The van der Waals surface area contributed by atoms with Crippen molar-refractivity contribution in [1.29, 1.82) is 0 Å². The smallest absolute Gasteiger partial charge is 0.162 e. The Morgan fingerprint density at radius 3 is 2.52 bits per heavy atom. The lowest BCUT2D eigenvalue weighted by Crippen LogP contribution is -2.02. The second kappa shape index (κ2) is 8.04. The highest BCUT2D eigenvalue weighted by atomic mass is 19.1. The molecule has 4 heteroatoms. The maximum absolute atomic E-state index is 12.1. The quantitative estimate of drug-likeness (QED) is 0.547. The normalized spacial score (nSPS) is 10.1. The summed E-state index contributed by atoms with van der Waals surface area (Å²) in [7, 11) is 0.